The minimum absolute atomic E-state index is 0.119. The molecule has 0 fully saturated rings. The highest BCUT2D eigenvalue weighted by molar-refractivity contribution is 7.92. The van der Waals surface area contributed by atoms with Gasteiger partial charge < -0.3 is 14.8 Å². The van der Waals surface area contributed by atoms with Crippen molar-refractivity contribution in [2.24, 2.45) is 0 Å². The molecule has 8 heteroatoms. The summed E-state index contributed by atoms with van der Waals surface area (Å²) in [6, 6.07) is 21.8. The third-order valence-corrected chi connectivity index (χ3v) is 8.29. The van der Waals surface area contributed by atoms with Crippen LogP contribution in [0.3, 0.4) is 0 Å². The SMILES string of the molecule is CCOc1ccccc1N(Cc1ccc(C(=O)NC2CC(CC)(CC)Oc3ccccc32)cc1)S(C)(=O)=O. The van der Waals surface area contributed by atoms with Crippen molar-refractivity contribution < 1.29 is 22.7 Å². The monoisotopic (exact) mass is 536 g/mol. The number of rotatable bonds is 10. The zero-order valence-electron chi connectivity index (χ0n) is 22.4. The summed E-state index contributed by atoms with van der Waals surface area (Å²) in [5.74, 6) is 1.14. The van der Waals surface area contributed by atoms with Crippen LogP contribution in [0.5, 0.6) is 11.5 Å². The maximum atomic E-state index is 13.3. The first kappa shape index (κ1) is 27.5. The number of fused-ring (bicyclic) bond motifs is 1. The molecular weight excluding hydrogens is 500 g/mol. The molecule has 4 rings (SSSR count). The molecule has 0 saturated heterocycles. The second-order valence-electron chi connectivity index (χ2n) is 9.63. The summed E-state index contributed by atoms with van der Waals surface area (Å²) in [5.41, 5.74) is 2.41. The lowest BCUT2D eigenvalue weighted by Gasteiger charge is -2.41. The number of carbonyl (C=O) groups excluding carboxylic acids is 1. The highest BCUT2D eigenvalue weighted by atomic mass is 32.2. The number of hydrogen-bond acceptors (Lipinski definition) is 5. The minimum atomic E-state index is -3.59. The van der Waals surface area contributed by atoms with Gasteiger partial charge >= 0.3 is 0 Å². The largest absolute Gasteiger partial charge is 0.492 e. The van der Waals surface area contributed by atoms with E-state index in [-0.39, 0.29) is 24.1 Å². The van der Waals surface area contributed by atoms with E-state index >= 15 is 0 Å². The van der Waals surface area contributed by atoms with Gasteiger partial charge in [-0.05, 0) is 55.7 Å². The Morgan fingerprint density at radius 2 is 1.66 bits per heavy atom. The van der Waals surface area contributed by atoms with Crippen LogP contribution in [0.2, 0.25) is 0 Å². The van der Waals surface area contributed by atoms with Crippen LogP contribution in [0.25, 0.3) is 0 Å². The third kappa shape index (κ3) is 5.96. The summed E-state index contributed by atoms with van der Waals surface area (Å²) in [6.07, 6.45) is 3.57. The van der Waals surface area contributed by atoms with Gasteiger partial charge in [0.1, 0.15) is 17.1 Å². The number of sulfonamides is 1. The fraction of sp³-hybridized carbons (Fsp3) is 0.367. The van der Waals surface area contributed by atoms with Crippen LogP contribution in [-0.2, 0) is 16.6 Å². The Labute approximate surface area is 225 Å². The average Bonchev–Trinajstić information content (AvgIpc) is 2.92. The number of amides is 1. The topological polar surface area (TPSA) is 84.9 Å². The summed E-state index contributed by atoms with van der Waals surface area (Å²) in [6.45, 7) is 6.62. The standard InChI is InChI=1S/C30H36N2O5S/c1-5-30(6-2)20-25(24-12-8-10-14-27(24)37-30)31-29(33)23-18-16-22(17-19-23)21-32(38(4,34)35)26-13-9-11-15-28(26)36-7-3/h8-19,25H,5-7,20-21H2,1-4H3,(H,31,33). The van der Waals surface area contributed by atoms with Crippen LogP contribution in [0.4, 0.5) is 5.69 Å². The number of nitrogens with one attached hydrogen (secondary N) is 1. The predicted molar refractivity (Wildman–Crippen MR) is 150 cm³/mol. The first-order chi connectivity index (χ1) is 18.2. The second-order valence-corrected chi connectivity index (χ2v) is 11.5. The zero-order chi connectivity index (χ0) is 27.3. The first-order valence-electron chi connectivity index (χ1n) is 13.1. The van der Waals surface area contributed by atoms with Gasteiger partial charge in [0.25, 0.3) is 5.91 Å². The normalized spacial score (nSPS) is 16.2. The van der Waals surface area contributed by atoms with Crippen LogP contribution < -0.4 is 19.1 Å². The molecule has 1 heterocycles. The highest BCUT2D eigenvalue weighted by Crippen LogP contribution is 2.42. The molecule has 3 aromatic carbocycles. The molecule has 0 spiro atoms. The quantitative estimate of drug-likeness (QED) is 0.351. The molecule has 0 radical (unpaired) electrons. The number of nitrogens with zero attached hydrogens (tertiary/aromatic N) is 1. The van der Waals surface area contributed by atoms with Gasteiger partial charge in [-0.1, -0.05) is 56.3 Å². The van der Waals surface area contributed by atoms with E-state index < -0.39 is 10.0 Å². The van der Waals surface area contributed by atoms with Gasteiger partial charge in [0.15, 0.2) is 0 Å². The van der Waals surface area contributed by atoms with Crippen LogP contribution in [0.1, 0.15) is 67.6 Å². The molecule has 202 valence electrons. The van der Waals surface area contributed by atoms with E-state index in [9.17, 15) is 13.2 Å². The summed E-state index contributed by atoms with van der Waals surface area (Å²) < 4.78 is 38.7. The molecule has 1 atom stereocenters. The van der Waals surface area contributed by atoms with Crippen molar-refractivity contribution in [1.82, 2.24) is 5.32 Å². The van der Waals surface area contributed by atoms with E-state index in [2.05, 4.69) is 19.2 Å². The van der Waals surface area contributed by atoms with Crippen molar-refractivity contribution in [2.75, 3.05) is 17.2 Å². The molecular formula is C30H36N2O5S. The Morgan fingerprint density at radius 1 is 1.00 bits per heavy atom. The predicted octanol–water partition coefficient (Wildman–Crippen LogP) is 5.86. The van der Waals surface area contributed by atoms with Crippen LogP contribution in [-0.4, -0.2) is 32.8 Å². The number of para-hydroxylation sites is 3. The van der Waals surface area contributed by atoms with Crippen LogP contribution >= 0.6 is 0 Å². The van der Waals surface area contributed by atoms with Crippen molar-refractivity contribution in [3.8, 4) is 11.5 Å². The molecule has 1 aliphatic rings. The van der Waals surface area contributed by atoms with E-state index in [0.29, 0.717) is 30.0 Å². The van der Waals surface area contributed by atoms with E-state index in [4.69, 9.17) is 9.47 Å². The lowest BCUT2D eigenvalue weighted by Crippen LogP contribution is -2.44. The summed E-state index contributed by atoms with van der Waals surface area (Å²) >= 11 is 0. The number of anilines is 1. The molecule has 1 N–H and O–H groups in total. The van der Waals surface area contributed by atoms with Gasteiger partial charge in [-0.3, -0.25) is 9.10 Å². The van der Waals surface area contributed by atoms with Gasteiger partial charge in [-0.2, -0.15) is 0 Å². The fourth-order valence-electron chi connectivity index (χ4n) is 4.92. The fourth-order valence-corrected chi connectivity index (χ4v) is 5.81. The van der Waals surface area contributed by atoms with Crippen molar-refractivity contribution >= 4 is 21.6 Å². The zero-order valence-corrected chi connectivity index (χ0v) is 23.3. The number of carbonyl (C=O) groups is 1. The Balaban J connectivity index is 1.53. The third-order valence-electron chi connectivity index (χ3n) is 7.17. The maximum Gasteiger partial charge on any atom is 0.251 e. The Morgan fingerprint density at radius 3 is 2.32 bits per heavy atom. The molecule has 3 aromatic rings. The van der Waals surface area contributed by atoms with Crippen molar-refractivity contribution in [1.29, 1.82) is 0 Å². The first-order valence-corrected chi connectivity index (χ1v) is 14.9. The molecule has 0 aliphatic carbocycles. The molecule has 7 nitrogen and oxygen atoms in total. The summed E-state index contributed by atoms with van der Waals surface area (Å²) in [5, 5.41) is 3.20. The highest BCUT2D eigenvalue weighted by Gasteiger charge is 2.39. The van der Waals surface area contributed by atoms with E-state index in [0.717, 1.165) is 29.7 Å². The summed E-state index contributed by atoms with van der Waals surface area (Å²) in [7, 11) is -3.59. The number of benzene rings is 3. The number of hydrogen-bond donors (Lipinski definition) is 1. The molecule has 0 saturated carbocycles. The lowest BCUT2D eigenvalue weighted by atomic mass is 9.83. The molecule has 38 heavy (non-hydrogen) atoms. The smallest absolute Gasteiger partial charge is 0.251 e. The van der Waals surface area contributed by atoms with Crippen molar-refractivity contribution in [3.63, 3.8) is 0 Å². The second kappa shape index (κ2) is 11.5. The molecule has 0 aromatic heterocycles. The lowest BCUT2D eigenvalue weighted by molar-refractivity contribution is 0.0227. The molecule has 0 bridgehead atoms. The molecule has 1 aliphatic heterocycles. The Kier molecular flexibility index (Phi) is 8.31. The average molecular weight is 537 g/mol. The Bertz CT molecular complexity index is 1370. The maximum absolute atomic E-state index is 13.3. The Hall–Kier alpha value is -3.52. The van der Waals surface area contributed by atoms with Crippen LogP contribution in [0, 0.1) is 0 Å². The van der Waals surface area contributed by atoms with Crippen LogP contribution in [0.15, 0.2) is 72.8 Å². The summed E-state index contributed by atoms with van der Waals surface area (Å²) in [4.78, 5) is 13.3. The van der Waals surface area contributed by atoms with E-state index in [1.807, 2.05) is 37.3 Å². The van der Waals surface area contributed by atoms with Crippen molar-refractivity contribution in [3.05, 3.63) is 89.5 Å². The van der Waals surface area contributed by atoms with Gasteiger partial charge in [0.05, 0.1) is 31.1 Å². The van der Waals surface area contributed by atoms with E-state index in [1.165, 1.54) is 10.6 Å². The number of ether oxygens (including phenoxy) is 2. The van der Waals surface area contributed by atoms with E-state index in [1.54, 1.807) is 42.5 Å². The molecule has 1 amide bonds. The molecule has 1 unspecified atom stereocenters. The van der Waals surface area contributed by atoms with Gasteiger partial charge in [-0.15, -0.1) is 0 Å². The van der Waals surface area contributed by atoms with Gasteiger partial charge in [-0.25, -0.2) is 8.42 Å². The van der Waals surface area contributed by atoms with Gasteiger partial charge in [0.2, 0.25) is 10.0 Å². The van der Waals surface area contributed by atoms with Crippen molar-refractivity contribution in [2.45, 2.75) is 58.2 Å². The van der Waals surface area contributed by atoms with Gasteiger partial charge in [0, 0.05) is 17.5 Å². The minimum Gasteiger partial charge on any atom is -0.492 e.